The van der Waals surface area contributed by atoms with Crippen LogP contribution in [0.5, 0.6) is 0 Å². The molecule has 0 fully saturated rings. The fraction of sp³-hybridized carbons (Fsp3) is 0.100. The van der Waals surface area contributed by atoms with Crippen molar-refractivity contribution >= 4 is 17.3 Å². The minimum Gasteiger partial charge on any atom is -0.449 e. The molecule has 0 aliphatic carbocycles. The second kappa shape index (κ2) is 4.62. The van der Waals surface area contributed by atoms with E-state index in [-0.39, 0.29) is 6.10 Å². The SMILES string of the molecule is C=CC(=O)OC(C=C)c1cccs1. The molecule has 2 nitrogen and oxygen atoms in total. The molecule has 1 rings (SSSR count). The number of carbonyl (C=O) groups excluding carboxylic acids is 1. The minimum absolute atomic E-state index is 0.356. The van der Waals surface area contributed by atoms with E-state index in [1.165, 1.54) is 11.3 Å². The smallest absolute Gasteiger partial charge is 0.331 e. The van der Waals surface area contributed by atoms with E-state index in [1.54, 1.807) is 6.08 Å². The van der Waals surface area contributed by atoms with Gasteiger partial charge >= 0.3 is 5.97 Å². The van der Waals surface area contributed by atoms with Crippen molar-refractivity contribution in [2.45, 2.75) is 6.10 Å². The quantitative estimate of drug-likeness (QED) is 0.418. The Hall–Kier alpha value is -1.35. The zero-order valence-corrected chi connectivity index (χ0v) is 7.92. The molecule has 0 saturated heterocycles. The number of hydrogen-bond donors (Lipinski definition) is 0. The molecular formula is C10H10O2S. The Morgan fingerprint density at radius 2 is 2.38 bits per heavy atom. The molecule has 1 aromatic heterocycles. The summed E-state index contributed by atoms with van der Waals surface area (Å²) in [5.74, 6) is -0.432. The van der Waals surface area contributed by atoms with Gasteiger partial charge in [-0.1, -0.05) is 19.2 Å². The molecule has 13 heavy (non-hydrogen) atoms. The van der Waals surface area contributed by atoms with Gasteiger partial charge in [-0.25, -0.2) is 4.79 Å². The third-order valence-electron chi connectivity index (χ3n) is 1.45. The standard InChI is InChI=1S/C10H10O2S/c1-3-8(12-10(11)4-2)9-6-5-7-13-9/h3-8H,1-2H2. The first kappa shape index (κ1) is 9.74. The van der Waals surface area contributed by atoms with Crippen LogP contribution in [0.15, 0.2) is 42.8 Å². The molecule has 1 heterocycles. The van der Waals surface area contributed by atoms with Crippen molar-refractivity contribution in [3.63, 3.8) is 0 Å². The maximum atomic E-state index is 10.9. The Morgan fingerprint density at radius 3 is 2.85 bits per heavy atom. The van der Waals surface area contributed by atoms with Gasteiger partial charge in [0.15, 0.2) is 6.10 Å². The van der Waals surface area contributed by atoms with Gasteiger partial charge in [0.05, 0.1) is 0 Å². The summed E-state index contributed by atoms with van der Waals surface area (Å²) < 4.78 is 5.03. The molecule has 0 radical (unpaired) electrons. The van der Waals surface area contributed by atoms with Crippen molar-refractivity contribution < 1.29 is 9.53 Å². The summed E-state index contributed by atoms with van der Waals surface area (Å²) in [6.07, 6.45) is 2.38. The van der Waals surface area contributed by atoms with Gasteiger partial charge in [0.2, 0.25) is 0 Å². The highest BCUT2D eigenvalue weighted by Crippen LogP contribution is 2.23. The molecule has 68 valence electrons. The van der Waals surface area contributed by atoms with Crippen LogP contribution in [0.4, 0.5) is 0 Å². The maximum Gasteiger partial charge on any atom is 0.331 e. The van der Waals surface area contributed by atoms with Gasteiger partial charge in [-0.2, -0.15) is 0 Å². The van der Waals surface area contributed by atoms with Crippen molar-refractivity contribution in [1.82, 2.24) is 0 Å². The molecule has 0 N–H and O–H groups in total. The number of carbonyl (C=O) groups is 1. The van der Waals surface area contributed by atoms with Gasteiger partial charge in [-0.05, 0) is 17.5 Å². The molecule has 0 aromatic carbocycles. The van der Waals surface area contributed by atoms with E-state index < -0.39 is 5.97 Å². The molecular weight excluding hydrogens is 184 g/mol. The van der Waals surface area contributed by atoms with Crippen LogP contribution in [-0.4, -0.2) is 5.97 Å². The molecule has 0 spiro atoms. The van der Waals surface area contributed by atoms with Crippen molar-refractivity contribution in [3.05, 3.63) is 47.7 Å². The lowest BCUT2D eigenvalue weighted by molar-refractivity contribution is -0.141. The van der Waals surface area contributed by atoms with E-state index in [2.05, 4.69) is 13.2 Å². The average Bonchev–Trinajstić information content (AvgIpc) is 2.66. The van der Waals surface area contributed by atoms with E-state index in [4.69, 9.17) is 4.74 Å². The summed E-state index contributed by atoms with van der Waals surface area (Å²) in [5.41, 5.74) is 0. The van der Waals surface area contributed by atoms with Crippen molar-refractivity contribution in [2.75, 3.05) is 0 Å². The number of esters is 1. The van der Waals surface area contributed by atoms with Gasteiger partial charge in [0.1, 0.15) is 0 Å². The van der Waals surface area contributed by atoms with Gasteiger partial charge in [0.25, 0.3) is 0 Å². The number of hydrogen-bond acceptors (Lipinski definition) is 3. The van der Waals surface area contributed by atoms with Crippen LogP contribution in [0.1, 0.15) is 11.0 Å². The van der Waals surface area contributed by atoms with Gasteiger partial charge in [-0.3, -0.25) is 0 Å². The van der Waals surface area contributed by atoms with Crippen LogP contribution in [0.25, 0.3) is 0 Å². The van der Waals surface area contributed by atoms with Crippen molar-refractivity contribution in [3.8, 4) is 0 Å². The molecule has 1 unspecified atom stereocenters. The highest BCUT2D eigenvalue weighted by atomic mass is 32.1. The van der Waals surface area contributed by atoms with Gasteiger partial charge < -0.3 is 4.74 Å². The summed E-state index contributed by atoms with van der Waals surface area (Å²) >= 11 is 1.53. The first-order valence-electron chi connectivity index (χ1n) is 3.77. The average molecular weight is 194 g/mol. The Balaban J connectivity index is 2.69. The number of rotatable bonds is 4. The van der Waals surface area contributed by atoms with Crippen molar-refractivity contribution in [2.24, 2.45) is 0 Å². The third-order valence-corrected chi connectivity index (χ3v) is 2.38. The fourth-order valence-corrected chi connectivity index (χ4v) is 1.60. The van der Waals surface area contributed by atoms with Gasteiger partial charge in [0, 0.05) is 11.0 Å². The molecule has 0 saturated carbocycles. The third kappa shape index (κ3) is 2.56. The van der Waals surface area contributed by atoms with Crippen LogP contribution < -0.4 is 0 Å². The van der Waals surface area contributed by atoms with Crippen LogP contribution >= 0.6 is 11.3 Å². The van der Waals surface area contributed by atoms with Crippen LogP contribution in [0, 0.1) is 0 Å². The van der Waals surface area contributed by atoms with Crippen LogP contribution in [-0.2, 0) is 9.53 Å². The lowest BCUT2D eigenvalue weighted by atomic mass is 10.3. The molecule has 0 bridgehead atoms. The second-order valence-electron chi connectivity index (χ2n) is 2.31. The summed E-state index contributed by atoms with van der Waals surface area (Å²) in [6.45, 7) is 6.92. The van der Waals surface area contributed by atoms with Gasteiger partial charge in [-0.15, -0.1) is 11.3 Å². The van der Waals surface area contributed by atoms with E-state index in [1.807, 2.05) is 17.5 Å². The van der Waals surface area contributed by atoms with E-state index >= 15 is 0 Å². The summed E-state index contributed by atoms with van der Waals surface area (Å²) in [6, 6.07) is 3.80. The van der Waals surface area contributed by atoms with Crippen LogP contribution in [0.2, 0.25) is 0 Å². The molecule has 3 heteroatoms. The molecule has 0 aliphatic heterocycles. The lowest BCUT2D eigenvalue weighted by Gasteiger charge is -2.09. The Morgan fingerprint density at radius 1 is 1.62 bits per heavy atom. The minimum atomic E-state index is -0.432. The zero-order valence-electron chi connectivity index (χ0n) is 7.10. The van der Waals surface area contributed by atoms with Crippen LogP contribution in [0.3, 0.4) is 0 Å². The Labute approximate surface area is 81.2 Å². The zero-order chi connectivity index (χ0) is 9.68. The lowest BCUT2D eigenvalue weighted by Crippen LogP contribution is -2.05. The maximum absolute atomic E-state index is 10.9. The largest absolute Gasteiger partial charge is 0.449 e. The number of thiophene rings is 1. The van der Waals surface area contributed by atoms with E-state index in [0.717, 1.165) is 11.0 Å². The van der Waals surface area contributed by atoms with E-state index in [0.29, 0.717) is 0 Å². The molecule has 1 atom stereocenters. The predicted molar refractivity (Wildman–Crippen MR) is 53.5 cm³/mol. The fourth-order valence-electron chi connectivity index (χ4n) is 0.849. The summed E-state index contributed by atoms with van der Waals surface area (Å²) in [7, 11) is 0. The topological polar surface area (TPSA) is 26.3 Å². The van der Waals surface area contributed by atoms with E-state index in [9.17, 15) is 4.79 Å². The predicted octanol–water partition coefficient (Wildman–Crippen LogP) is 2.70. The monoisotopic (exact) mass is 194 g/mol. The Kier molecular flexibility index (Phi) is 3.46. The summed E-state index contributed by atoms with van der Waals surface area (Å²) in [5, 5.41) is 1.92. The summed E-state index contributed by atoms with van der Waals surface area (Å²) in [4.78, 5) is 11.9. The Bertz CT molecular complexity index is 301. The molecule has 0 amide bonds. The first-order chi connectivity index (χ1) is 6.27. The number of ether oxygens (including phenoxy) is 1. The normalized spacial score (nSPS) is 11.7. The highest BCUT2D eigenvalue weighted by Gasteiger charge is 2.11. The second-order valence-corrected chi connectivity index (χ2v) is 3.29. The molecule has 0 aliphatic rings. The first-order valence-corrected chi connectivity index (χ1v) is 4.65. The van der Waals surface area contributed by atoms with Crippen molar-refractivity contribution in [1.29, 1.82) is 0 Å². The molecule has 1 aromatic rings. The highest BCUT2D eigenvalue weighted by molar-refractivity contribution is 7.10.